The number of aryl methyl sites for hydroxylation is 2. The monoisotopic (exact) mass is 427 g/mol. The maximum Gasteiger partial charge on any atom is 0.344 e. The van der Waals surface area contributed by atoms with Crippen LogP contribution < -0.4 is 22.0 Å². The highest BCUT2D eigenvalue weighted by Gasteiger charge is 2.19. The minimum atomic E-state index is -0.970. The first kappa shape index (κ1) is 21.7. The summed E-state index contributed by atoms with van der Waals surface area (Å²) in [4.78, 5) is 65.4. The van der Waals surface area contributed by atoms with Crippen LogP contribution in [-0.4, -0.2) is 37.2 Å². The minimum absolute atomic E-state index is 0.0466. The van der Waals surface area contributed by atoms with Gasteiger partial charge >= 0.3 is 11.7 Å². The molecule has 31 heavy (non-hydrogen) atoms. The summed E-state index contributed by atoms with van der Waals surface area (Å²) in [6.07, 6.45) is 1.35. The number of carbonyl (C=O) groups excluding carboxylic acids is 2. The molecule has 0 saturated heterocycles. The number of anilines is 1. The van der Waals surface area contributed by atoms with Gasteiger partial charge in [0.05, 0.1) is 5.39 Å². The van der Waals surface area contributed by atoms with Gasteiger partial charge in [-0.25, -0.2) is 14.6 Å². The van der Waals surface area contributed by atoms with Gasteiger partial charge in [0.2, 0.25) is 5.43 Å². The molecule has 0 spiro atoms. The fourth-order valence-electron chi connectivity index (χ4n) is 2.99. The van der Waals surface area contributed by atoms with Crippen LogP contribution in [-0.2, 0) is 30.2 Å². The fourth-order valence-corrected chi connectivity index (χ4v) is 2.99. The number of aromatic nitrogens is 4. The first-order valence-electron chi connectivity index (χ1n) is 9.38. The summed E-state index contributed by atoms with van der Waals surface area (Å²) >= 11 is 0. The van der Waals surface area contributed by atoms with Crippen molar-refractivity contribution in [3.05, 3.63) is 66.7 Å². The van der Waals surface area contributed by atoms with Gasteiger partial charge in [0, 0.05) is 38.6 Å². The number of pyridine rings is 2. The number of amides is 1. The number of ether oxygens (including phenoxy) is 1. The van der Waals surface area contributed by atoms with Crippen molar-refractivity contribution in [1.82, 2.24) is 18.7 Å². The summed E-state index contributed by atoms with van der Waals surface area (Å²) in [5, 5.41) is 2.60. The van der Waals surface area contributed by atoms with Crippen LogP contribution in [0.1, 0.15) is 23.0 Å². The van der Waals surface area contributed by atoms with Crippen molar-refractivity contribution in [2.24, 2.45) is 14.1 Å². The molecule has 1 amide bonds. The topological polar surface area (TPSA) is 134 Å². The molecule has 3 heterocycles. The van der Waals surface area contributed by atoms with E-state index >= 15 is 0 Å². The molecule has 3 rings (SSSR count). The van der Waals surface area contributed by atoms with Crippen LogP contribution in [0.15, 0.2) is 38.8 Å². The van der Waals surface area contributed by atoms with E-state index < -0.39 is 35.2 Å². The molecule has 0 fully saturated rings. The number of hydrogen-bond donors (Lipinski definition) is 1. The molecule has 0 unspecified atom stereocenters. The molecule has 11 nitrogen and oxygen atoms in total. The van der Waals surface area contributed by atoms with E-state index in [1.165, 1.54) is 20.3 Å². The van der Waals surface area contributed by atoms with Crippen LogP contribution in [0.25, 0.3) is 11.0 Å². The van der Waals surface area contributed by atoms with Gasteiger partial charge in [0.25, 0.3) is 11.5 Å². The average molecular weight is 427 g/mol. The average Bonchev–Trinajstić information content (AvgIpc) is 2.74. The Morgan fingerprint density at radius 3 is 2.52 bits per heavy atom. The molecule has 0 aliphatic carbocycles. The lowest BCUT2D eigenvalue weighted by Gasteiger charge is -2.12. The minimum Gasteiger partial charge on any atom is -0.452 e. The van der Waals surface area contributed by atoms with Gasteiger partial charge in [-0.2, -0.15) is 0 Å². The second-order valence-electron chi connectivity index (χ2n) is 6.87. The molecule has 3 aromatic rings. The van der Waals surface area contributed by atoms with Gasteiger partial charge in [0.15, 0.2) is 6.61 Å². The SMILES string of the molecule is CCn1cc(C(=O)OCC(=O)Nc2cc(=O)n(C)c(=O)n2C)c(=O)c2ccc(C)nc21. The molecule has 0 aromatic carbocycles. The molecule has 0 aliphatic heterocycles. The van der Waals surface area contributed by atoms with Gasteiger partial charge in [-0.1, -0.05) is 0 Å². The Morgan fingerprint density at radius 2 is 1.84 bits per heavy atom. The van der Waals surface area contributed by atoms with Crippen LogP contribution >= 0.6 is 0 Å². The van der Waals surface area contributed by atoms with E-state index in [0.29, 0.717) is 12.2 Å². The number of esters is 1. The molecule has 0 aliphatic rings. The number of nitrogens with one attached hydrogen (secondary N) is 1. The van der Waals surface area contributed by atoms with Gasteiger partial charge < -0.3 is 14.6 Å². The fraction of sp³-hybridized carbons (Fsp3) is 0.300. The second kappa shape index (κ2) is 8.38. The van der Waals surface area contributed by atoms with Crippen molar-refractivity contribution in [2.75, 3.05) is 11.9 Å². The van der Waals surface area contributed by atoms with E-state index in [2.05, 4.69) is 10.3 Å². The Kier molecular flexibility index (Phi) is 5.86. The van der Waals surface area contributed by atoms with E-state index in [0.717, 1.165) is 20.9 Å². The van der Waals surface area contributed by atoms with Crippen LogP contribution in [0.3, 0.4) is 0 Å². The van der Waals surface area contributed by atoms with Crippen molar-refractivity contribution in [3.8, 4) is 0 Å². The second-order valence-corrected chi connectivity index (χ2v) is 6.87. The zero-order valence-electron chi connectivity index (χ0n) is 17.5. The maximum absolute atomic E-state index is 12.7. The lowest BCUT2D eigenvalue weighted by atomic mass is 10.2. The molecular formula is C20H21N5O6. The van der Waals surface area contributed by atoms with Gasteiger partial charge in [-0.05, 0) is 26.0 Å². The smallest absolute Gasteiger partial charge is 0.344 e. The molecule has 3 aromatic heterocycles. The van der Waals surface area contributed by atoms with Crippen molar-refractivity contribution in [2.45, 2.75) is 20.4 Å². The number of carbonyl (C=O) groups is 2. The highest BCUT2D eigenvalue weighted by Crippen LogP contribution is 2.11. The van der Waals surface area contributed by atoms with Crippen LogP contribution in [0.2, 0.25) is 0 Å². The lowest BCUT2D eigenvalue weighted by molar-refractivity contribution is -0.119. The van der Waals surface area contributed by atoms with Gasteiger partial charge in [-0.3, -0.25) is 23.5 Å². The summed E-state index contributed by atoms with van der Waals surface area (Å²) in [6.45, 7) is 3.39. The Hall–Kier alpha value is -4.02. The highest BCUT2D eigenvalue weighted by atomic mass is 16.5. The van der Waals surface area contributed by atoms with Gasteiger partial charge in [0.1, 0.15) is 17.0 Å². The predicted molar refractivity (Wildman–Crippen MR) is 112 cm³/mol. The summed E-state index contributed by atoms with van der Waals surface area (Å²) in [6, 6.07) is 4.33. The third-order valence-electron chi connectivity index (χ3n) is 4.75. The number of fused-ring (bicyclic) bond motifs is 1. The molecule has 1 N–H and O–H groups in total. The van der Waals surface area contributed by atoms with E-state index in [-0.39, 0.29) is 16.8 Å². The third-order valence-corrected chi connectivity index (χ3v) is 4.75. The summed E-state index contributed by atoms with van der Waals surface area (Å²) in [5.74, 6) is -1.79. The first-order valence-corrected chi connectivity index (χ1v) is 9.38. The number of hydrogen-bond acceptors (Lipinski definition) is 7. The van der Waals surface area contributed by atoms with Crippen molar-refractivity contribution in [1.29, 1.82) is 0 Å². The third kappa shape index (κ3) is 4.15. The zero-order valence-corrected chi connectivity index (χ0v) is 17.5. The Labute approximate surface area is 175 Å². The molecule has 162 valence electrons. The van der Waals surface area contributed by atoms with Crippen LogP contribution in [0.5, 0.6) is 0 Å². The standard InChI is InChI=1S/C20H21N5O6/c1-5-25-9-13(17(28)12-7-6-11(2)21-18(12)25)19(29)31-10-15(26)22-14-8-16(27)24(4)20(30)23(14)3/h6-9H,5,10H2,1-4H3,(H,22,26). The van der Waals surface area contributed by atoms with E-state index in [1.807, 2.05) is 6.92 Å². The molecular weight excluding hydrogens is 406 g/mol. The lowest BCUT2D eigenvalue weighted by Crippen LogP contribution is -2.38. The normalized spacial score (nSPS) is 10.8. The number of rotatable bonds is 5. The quantitative estimate of drug-likeness (QED) is 0.563. The summed E-state index contributed by atoms with van der Waals surface area (Å²) in [5.41, 5.74) is -0.824. The molecule has 0 bridgehead atoms. The number of nitrogens with zero attached hydrogens (tertiary/aromatic N) is 4. The summed E-state index contributed by atoms with van der Waals surface area (Å²) < 4.78 is 8.58. The first-order chi connectivity index (χ1) is 14.6. The molecule has 0 atom stereocenters. The van der Waals surface area contributed by atoms with Crippen LogP contribution in [0, 0.1) is 6.92 Å². The highest BCUT2D eigenvalue weighted by molar-refractivity contribution is 5.96. The van der Waals surface area contributed by atoms with Gasteiger partial charge in [-0.15, -0.1) is 0 Å². The predicted octanol–water partition coefficient (Wildman–Crippen LogP) is -0.0823. The largest absolute Gasteiger partial charge is 0.452 e. The molecule has 0 radical (unpaired) electrons. The summed E-state index contributed by atoms with van der Waals surface area (Å²) in [7, 11) is 2.68. The van der Waals surface area contributed by atoms with Crippen molar-refractivity contribution < 1.29 is 14.3 Å². The Balaban J connectivity index is 1.81. The zero-order chi connectivity index (χ0) is 22.9. The van der Waals surface area contributed by atoms with Crippen LogP contribution in [0.4, 0.5) is 5.82 Å². The van der Waals surface area contributed by atoms with E-state index in [9.17, 15) is 24.0 Å². The van der Waals surface area contributed by atoms with E-state index in [1.54, 1.807) is 23.6 Å². The molecule has 0 saturated carbocycles. The van der Waals surface area contributed by atoms with Crippen molar-refractivity contribution in [3.63, 3.8) is 0 Å². The maximum atomic E-state index is 12.7. The Morgan fingerprint density at radius 1 is 1.13 bits per heavy atom. The molecule has 11 heteroatoms. The van der Waals surface area contributed by atoms with E-state index in [4.69, 9.17) is 4.74 Å². The van der Waals surface area contributed by atoms with Crippen molar-refractivity contribution >= 4 is 28.7 Å². The Bertz CT molecular complexity index is 1380.